The minimum absolute atomic E-state index is 0.292. The molecule has 1 aromatic carbocycles. The van der Waals surface area contributed by atoms with Gasteiger partial charge in [-0.1, -0.05) is 17.7 Å². The molecule has 2 N–H and O–H groups in total. The van der Waals surface area contributed by atoms with Crippen molar-refractivity contribution >= 4 is 23.8 Å². The monoisotopic (exact) mass is 320 g/mol. The van der Waals surface area contributed by atoms with Gasteiger partial charge in [-0.15, -0.1) is 11.8 Å². The maximum Gasteiger partial charge on any atom is 0.337 e. The quantitative estimate of drug-likeness (QED) is 0.646. The fourth-order valence-electron chi connectivity index (χ4n) is 2.18. The third-order valence-electron chi connectivity index (χ3n) is 3.27. The van der Waals surface area contributed by atoms with E-state index in [4.69, 9.17) is 4.74 Å². The molecule has 1 unspecified atom stereocenters. The van der Waals surface area contributed by atoms with Crippen LogP contribution in [0.15, 0.2) is 40.4 Å². The summed E-state index contributed by atoms with van der Waals surface area (Å²) in [7, 11) is 0. The summed E-state index contributed by atoms with van der Waals surface area (Å²) in [4.78, 5) is 24.8. The van der Waals surface area contributed by atoms with E-state index in [0.717, 1.165) is 4.90 Å². The molecule has 1 heterocycles. The summed E-state index contributed by atoms with van der Waals surface area (Å²) in [6.45, 7) is 5.88. The Morgan fingerprint density at radius 2 is 2.00 bits per heavy atom. The van der Waals surface area contributed by atoms with Crippen LogP contribution in [0.2, 0.25) is 0 Å². The number of ether oxygens (including phenoxy) is 1. The number of aryl methyl sites for hydroxylation is 1. The van der Waals surface area contributed by atoms with Crippen molar-refractivity contribution in [1.82, 2.24) is 10.6 Å². The number of amides is 2. The summed E-state index contributed by atoms with van der Waals surface area (Å²) in [5.74, 6) is 0.122. The van der Waals surface area contributed by atoms with E-state index in [1.807, 2.05) is 31.2 Å². The zero-order valence-electron chi connectivity index (χ0n) is 12.9. The number of hydrogen-bond acceptors (Lipinski definition) is 4. The average Bonchev–Trinajstić information content (AvgIpc) is 2.46. The van der Waals surface area contributed by atoms with Gasteiger partial charge in [-0.2, -0.15) is 0 Å². The molecule has 0 aromatic heterocycles. The molecule has 0 saturated heterocycles. The van der Waals surface area contributed by atoms with Gasteiger partial charge in [-0.3, -0.25) is 0 Å². The molecule has 1 atom stereocenters. The summed E-state index contributed by atoms with van der Waals surface area (Å²) in [5.41, 5.74) is 2.29. The molecule has 0 spiro atoms. The van der Waals surface area contributed by atoms with Crippen LogP contribution in [-0.2, 0) is 9.53 Å². The van der Waals surface area contributed by atoms with Crippen LogP contribution in [0.5, 0.6) is 0 Å². The summed E-state index contributed by atoms with van der Waals surface area (Å²) >= 11 is 1.57. The Morgan fingerprint density at radius 3 is 2.64 bits per heavy atom. The number of hydrogen-bond donors (Lipinski definition) is 2. The van der Waals surface area contributed by atoms with Gasteiger partial charge >= 0.3 is 12.0 Å². The van der Waals surface area contributed by atoms with Crippen LogP contribution in [0.1, 0.15) is 19.4 Å². The lowest BCUT2D eigenvalue weighted by molar-refractivity contribution is -0.138. The second-order valence-electron chi connectivity index (χ2n) is 5.03. The highest BCUT2D eigenvalue weighted by Gasteiger charge is 2.29. The first kappa shape index (κ1) is 16.4. The average molecular weight is 320 g/mol. The van der Waals surface area contributed by atoms with Crippen LogP contribution in [-0.4, -0.2) is 30.4 Å². The van der Waals surface area contributed by atoms with E-state index >= 15 is 0 Å². The third-order valence-corrected chi connectivity index (χ3v) is 4.31. The molecular weight excluding hydrogens is 300 g/mol. The first-order valence-electron chi connectivity index (χ1n) is 7.18. The van der Waals surface area contributed by atoms with Crippen molar-refractivity contribution in [3.8, 4) is 0 Å². The van der Waals surface area contributed by atoms with Gasteiger partial charge in [0, 0.05) is 16.3 Å². The van der Waals surface area contributed by atoms with Crippen molar-refractivity contribution in [2.75, 3.05) is 12.4 Å². The number of carbonyl (C=O) groups excluding carboxylic acids is 2. The Bertz CT molecular complexity index is 596. The third kappa shape index (κ3) is 4.04. The van der Waals surface area contributed by atoms with E-state index in [9.17, 15) is 9.59 Å². The maximum atomic E-state index is 12.1. The zero-order valence-corrected chi connectivity index (χ0v) is 13.8. The summed E-state index contributed by atoms with van der Waals surface area (Å²) < 4.78 is 5.09. The number of nitrogens with one attached hydrogen (secondary N) is 2. The predicted octanol–water partition coefficient (Wildman–Crippen LogP) is 2.61. The molecule has 1 aromatic rings. The highest BCUT2D eigenvalue weighted by atomic mass is 32.2. The lowest BCUT2D eigenvalue weighted by Crippen LogP contribution is -2.49. The Balaban J connectivity index is 2.18. The van der Waals surface area contributed by atoms with Crippen LogP contribution in [0.25, 0.3) is 0 Å². The number of benzene rings is 1. The van der Waals surface area contributed by atoms with Gasteiger partial charge in [0.15, 0.2) is 0 Å². The lowest BCUT2D eigenvalue weighted by Gasteiger charge is -2.26. The van der Waals surface area contributed by atoms with Gasteiger partial charge in [-0.05, 0) is 32.9 Å². The molecule has 0 fully saturated rings. The van der Waals surface area contributed by atoms with Gasteiger partial charge < -0.3 is 15.4 Å². The molecule has 1 aliphatic rings. The Hall–Kier alpha value is -1.95. The SMILES string of the molecule is CCOC(=O)C1=C(CSc2ccc(C)cc2)NC(=O)NC1C. The van der Waals surface area contributed by atoms with Crippen molar-refractivity contribution in [3.05, 3.63) is 41.1 Å². The predicted molar refractivity (Wildman–Crippen MR) is 86.7 cm³/mol. The molecular formula is C16H20N2O3S. The van der Waals surface area contributed by atoms with Crippen LogP contribution in [0, 0.1) is 6.92 Å². The van der Waals surface area contributed by atoms with Gasteiger partial charge in [0.1, 0.15) is 0 Å². The summed E-state index contributed by atoms with van der Waals surface area (Å²) in [6, 6.07) is 7.47. The molecule has 6 heteroatoms. The number of urea groups is 1. The van der Waals surface area contributed by atoms with Crippen molar-refractivity contribution < 1.29 is 14.3 Å². The van der Waals surface area contributed by atoms with Crippen LogP contribution in [0.3, 0.4) is 0 Å². The van der Waals surface area contributed by atoms with E-state index in [-0.39, 0.29) is 18.0 Å². The second-order valence-corrected chi connectivity index (χ2v) is 6.08. The Labute approximate surface area is 134 Å². The molecule has 22 heavy (non-hydrogen) atoms. The van der Waals surface area contributed by atoms with Crippen molar-refractivity contribution in [2.45, 2.75) is 31.7 Å². The fraction of sp³-hybridized carbons (Fsp3) is 0.375. The first-order chi connectivity index (χ1) is 10.5. The maximum absolute atomic E-state index is 12.1. The Kier molecular flexibility index (Phi) is 5.49. The van der Waals surface area contributed by atoms with Gasteiger partial charge in [0.25, 0.3) is 0 Å². The smallest absolute Gasteiger partial charge is 0.337 e. The highest BCUT2D eigenvalue weighted by molar-refractivity contribution is 7.99. The number of thioether (sulfide) groups is 1. The highest BCUT2D eigenvalue weighted by Crippen LogP contribution is 2.24. The summed E-state index contributed by atoms with van der Waals surface area (Å²) in [5, 5.41) is 5.41. The molecule has 0 aliphatic carbocycles. The molecule has 1 aliphatic heterocycles. The van der Waals surface area contributed by atoms with Gasteiger partial charge in [0.05, 0.1) is 18.2 Å². The van der Waals surface area contributed by atoms with E-state index in [1.165, 1.54) is 5.56 Å². The van der Waals surface area contributed by atoms with E-state index in [0.29, 0.717) is 23.6 Å². The number of carbonyl (C=O) groups is 2. The normalized spacial score (nSPS) is 17.8. The molecule has 0 radical (unpaired) electrons. The zero-order chi connectivity index (χ0) is 16.1. The van der Waals surface area contributed by atoms with Crippen molar-refractivity contribution in [3.63, 3.8) is 0 Å². The minimum Gasteiger partial charge on any atom is -0.463 e. The lowest BCUT2D eigenvalue weighted by atomic mass is 10.1. The van der Waals surface area contributed by atoms with E-state index in [1.54, 1.807) is 25.6 Å². The fourth-order valence-corrected chi connectivity index (χ4v) is 3.05. The summed E-state index contributed by atoms with van der Waals surface area (Å²) in [6.07, 6.45) is 0. The van der Waals surface area contributed by atoms with Gasteiger partial charge in [0.2, 0.25) is 0 Å². The molecule has 2 rings (SSSR count). The van der Waals surface area contributed by atoms with Crippen LogP contribution >= 0.6 is 11.8 Å². The van der Waals surface area contributed by atoms with Crippen LogP contribution in [0.4, 0.5) is 4.79 Å². The van der Waals surface area contributed by atoms with E-state index in [2.05, 4.69) is 10.6 Å². The largest absolute Gasteiger partial charge is 0.463 e. The first-order valence-corrected chi connectivity index (χ1v) is 8.17. The van der Waals surface area contributed by atoms with Crippen LogP contribution < -0.4 is 10.6 Å². The van der Waals surface area contributed by atoms with Crippen molar-refractivity contribution in [1.29, 1.82) is 0 Å². The topological polar surface area (TPSA) is 67.4 Å². The van der Waals surface area contributed by atoms with Gasteiger partial charge in [-0.25, -0.2) is 9.59 Å². The molecule has 0 bridgehead atoms. The molecule has 2 amide bonds. The minimum atomic E-state index is -0.387. The molecule has 0 saturated carbocycles. The Morgan fingerprint density at radius 1 is 1.32 bits per heavy atom. The van der Waals surface area contributed by atoms with E-state index < -0.39 is 0 Å². The number of esters is 1. The number of rotatable bonds is 5. The second kappa shape index (κ2) is 7.35. The standard InChI is InChI=1S/C16H20N2O3S/c1-4-21-15(19)14-11(3)17-16(20)18-13(14)9-22-12-7-5-10(2)6-8-12/h5-8,11H,4,9H2,1-3H3,(H2,17,18,20). The van der Waals surface area contributed by atoms with Crippen molar-refractivity contribution in [2.24, 2.45) is 0 Å². The molecule has 5 nitrogen and oxygen atoms in total. The molecule has 118 valence electrons.